The third kappa shape index (κ3) is 3.80. The summed E-state index contributed by atoms with van der Waals surface area (Å²) in [6, 6.07) is 10.1. The number of nitrogens with one attached hydrogen (secondary N) is 1. The zero-order valence-electron chi connectivity index (χ0n) is 16.5. The Bertz CT molecular complexity index is 956. The molecule has 3 aromatic rings. The first-order valence-electron chi connectivity index (χ1n) is 10.4. The van der Waals surface area contributed by atoms with E-state index in [1.165, 1.54) is 0 Å². The molecule has 0 aliphatic carbocycles. The van der Waals surface area contributed by atoms with Crippen molar-refractivity contribution in [2.24, 2.45) is 5.92 Å². The second-order valence-electron chi connectivity index (χ2n) is 7.93. The molecule has 2 fully saturated rings. The first kappa shape index (κ1) is 18.4. The van der Waals surface area contributed by atoms with Gasteiger partial charge in [0.15, 0.2) is 5.76 Å². The second kappa shape index (κ2) is 8.00. The van der Waals surface area contributed by atoms with Crippen LogP contribution in [0.3, 0.4) is 0 Å². The van der Waals surface area contributed by atoms with Crippen molar-refractivity contribution in [1.82, 2.24) is 20.0 Å². The molecule has 2 aliphatic heterocycles. The number of hydrogen-bond acceptors (Lipinski definition) is 5. The predicted octanol–water partition coefficient (Wildman–Crippen LogP) is 2.89. The Morgan fingerprint density at radius 2 is 2.07 bits per heavy atom. The maximum atomic E-state index is 12.9. The maximum absolute atomic E-state index is 12.9. The number of nitrogens with zero attached hydrogens (tertiary/aromatic N) is 3. The number of hydrogen-bond donors (Lipinski definition) is 1. The van der Waals surface area contributed by atoms with Gasteiger partial charge in [0.25, 0.3) is 0 Å². The molecular formula is C22H26N4O3. The van der Waals surface area contributed by atoms with Crippen LogP contribution in [0.1, 0.15) is 18.4 Å². The van der Waals surface area contributed by atoms with Crippen LogP contribution in [0.4, 0.5) is 0 Å². The minimum atomic E-state index is 0.0726. The lowest BCUT2D eigenvalue weighted by molar-refractivity contribution is -0.141. The molecule has 7 nitrogen and oxygen atoms in total. The summed E-state index contributed by atoms with van der Waals surface area (Å²) in [6.07, 6.45) is 3.88. The normalized spacial score (nSPS) is 21.0. The molecule has 1 atom stereocenters. The Morgan fingerprint density at radius 1 is 1.21 bits per heavy atom. The van der Waals surface area contributed by atoms with Gasteiger partial charge in [-0.1, -0.05) is 18.2 Å². The highest BCUT2D eigenvalue weighted by atomic mass is 16.5. The highest BCUT2D eigenvalue weighted by molar-refractivity contribution is 5.82. The van der Waals surface area contributed by atoms with Gasteiger partial charge in [0.05, 0.1) is 25.3 Å². The molecule has 2 aromatic heterocycles. The molecular weight excluding hydrogens is 368 g/mol. The lowest BCUT2D eigenvalue weighted by Crippen LogP contribution is -2.48. The zero-order chi connectivity index (χ0) is 19.6. The van der Waals surface area contributed by atoms with Gasteiger partial charge in [0, 0.05) is 37.1 Å². The minimum absolute atomic E-state index is 0.0726. The lowest BCUT2D eigenvalue weighted by atomic mass is 9.96. The van der Waals surface area contributed by atoms with Crippen LogP contribution in [0.5, 0.6) is 0 Å². The molecule has 0 spiro atoms. The summed E-state index contributed by atoms with van der Waals surface area (Å²) in [5.41, 5.74) is 2.89. The van der Waals surface area contributed by atoms with Crippen LogP contribution in [0.2, 0.25) is 0 Å². The first-order chi connectivity index (χ1) is 14.3. The number of aromatic amines is 1. The fourth-order valence-corrected chi connectivity index (χ4v) is 4.43. The van der Waals surface area contributed by atoms with E-state index < -0.39 is 0 Å². The number of carbonyl (C=O) groups excluding carboxylic acids is 1. The number of benzene rings is 1. The second-order valence-corrected chi connectivity index (χ2v) is 7.93. The zero-order valence-corrected chi connectivity index (χ0v) is 16.5. The van der Waals surface area contributed by atoms with E-state index >= 15 is 0 Å². The van der Waals surface area contributed by atoms with Crippen molar-refractivity contribution in [3.63, 3.8) is 0 Å². The van der Waals surface area contributed by atoms with Gasteiger partial charge in [-0.3, -0.25) is 14.8 Å². The molecule has 7 heteroatoms. The standard InChI is InChI=1S/C22H26N4O3/c27-22(26-8-10-28-11-9-26)17-5-3-7-25(14-17)15-18-13-23-24-21(18)20-12-16-4-1-2-6-19(16)29-20/h1-2,4,6,12-13,17H,3,5,7-11,14-15H2,(H,23,24)/t17-/m1/s1. The molecule has 1 N–H and O–H groups in total. The Labute approximate surface area is 169 Å². The monoisotopic (exact) mass is 394 g/mol. The van der Waals surface area contributed by atoms with Gasteiger partial charge < -0.3 is 14.1 Å². The van der Waals surface area contributed by atoms with E-state index in [0.29, 0.717) is 26.3 Å². The summed E-state index contributed by atoms with van der Waals surface area (Å²) in [6.45, 7) is 5.28. The van der Waals surface area contributed by atoms with Crippen molar-refractivity contribution in [3.8, 4) is 11.5 Å². The van der Waals surface area contributed by atoms with Crippen molar-refractivity contribution < 1.29 is 13.9 Å². The van der Waals surface area contributed by atoms with E-state index in [-0.39, 0.29) is 11.8 Å². The van der Waals surface area contributed by atoms with E-state index in [9.17, 15) is 4.79 Å². The third-order valence-corrected chi connectivity index (χ3v) is 5.96. The Hall–Kier alpha value is -2.64. The van der Waals surface area contributed by atoms with Gasteiger partial charge in [-0.15, -0.1) is 0 Å². The lowest BCUT2D eigenvalue weighted by Gasteiger charge is -2.36. The van der Waals surface area contributed by atoms with Crippen LogP contribution in [0.25, 0.3) is 22.4 Å². The van der Waals surface area contributed by atoms with Crippen LogP contribution >= 0.6 is 0 Å². The smallest absolute Gasteiger partial charge is 0.227 e. The van der Waals surface area contributed by atoms with Crippen LogP contribution in [0.15, 0.2) is 40.9 Å². The summed E-state index contributed by atoms with van der Waals surface area (Å²) < 4.78 is 11.4. The van der Waals surface area contributed by atoms with E-state index in [0.717, 1.165) is 60.5 Å². The molecule has 0 saturated carbocycles. The number of amides is 1. The van der Waals surface area contributed by atoms with Crippen molar-refractivity contribution in [1.29, 1.82) is 0 Å². The largest absolute Gasteiger partial charge is 0.454 e. The molecule has 1 amide bonds. The average molecular weight is 394 g/mol. The van der Waals surface area contributed by atoms with Crippen LogP contribution in [-0.2, 0) is 16.1 Å². The predicted molar refractivity (Wildman–Crippen MR) is 109 cm³/mol. The number of ether oxygens (including phenoxy) is 1. The topological polar surface area (TPSA) is 74.6 Å². The van der Waals surface area contributed by atoms with Crippen LogP contribution < -0.4 is 0 Å². The van der Waals surface area contributed by atoms with Crippen molar-refractivity contribution in [2.75, 3.05) is 39.4 Å². The van der Waals surface area contributed by atoms with Gasteiger partial charge in [-0.2, -0.15) is 5.10 Å². The third-order valence-electron chi connectivity index (χ3n) is 5.96. The number of carbonyl (C=O) groups is 1. The summed E-state index contributed by atoms with van der Waals surface area (Å²) >= 11 is 0. The van der Waals surface area contributed by atoms with E-state index in [1.54, 1.807) is 0 Å². The fraction of sp³-hybridized carbons (Fsp3) is 0.455. The molecule has 0 bridgehead atoms. The summed E-state index contributed by atoms with van der Waals surface area (Å²) in [5.74, 6) is 1.16. The van der Waals surface area contributed by atoms with Crippen LogP contribution in [0, 0.1) is 5.92 Å². The van der Waals surface area contributed by atoms with Gasteiger partial charge in [-0.25, -0.2) is 0 Å². The highest BCUT2D eigenvalue weighted by Gasteiger charge is 2.30. The highest BCUT2D eigenvalue weighted by Crippen LogP contribution is 2.30. The average Bonchev–Trinajstić information content (AvgIpc) is 3.40. The minimum Gasteiger partial charge on any atom is -0.454 e. The maximum Gasteiger partial charge on any atom is 0.227 e. The molecule has 29 heavy (non-hydrogen) atoms. The summed E-state index contributed by atoms with van der Waals surface area (Å²) in [7, 11) is 0. The number of H-pyrrole nitrogens is 1. The number of fused-ring (bicyclic) bond motifs is 1. The molecule has 4 heterocycles. The molecule has 2 aliphatic rings. The van der Waals surface area contributed by atoms with Crippen molar-refractivity contribution in [3.05, 3.63) is 42.1 Å². The number of rotatable bonds is 4. The van der Waals surface area contributed by atoms with E-state index in [4.69, 9.17) is 9.15 Å². The number of para-hydroxylation sites is 1. The van der Waals surface area contributed by atoms with E-state index in [2.05, 4.69) is 15.1 Å². The number of furan rings is 1. The van der Waals surface area contributed by atoms with Crippen LogP contribution in [-0.4, -0.2) is 65.3 Å². The number of aromatic nitrogens is 2. The first-order valence-corrected chi connectivity index (χ1v) is 10.4. The fourth-order valence-electron chi connectivity index (χ4n) is 4.43. The Morgan fingerprint density at radius 3 is 2.93 bits per heavy atom. The van der Waals surface area contributed by atoms with Gasteiger partial charge >= 0.3 is 0 Å². The number of piperidine rings is 1. The SMILES string of the molecule is O=C([C@@H]1CCCN(Cc2cn[nH]c2-c2cc3ccccc3o2)C1)N1CCOCC1. The number of morpholine rings is 1. The Kier molecular flexibility index (Phi) is 5.08. The summed E-state index contributed by atoms with van der Waals surface area (Å²) in [5, 5.41) is 8.44. The number of likely N-dealkylation sites (tertiary alicyclic amines) is 1. The molecule has 2 saturated heterocycles. The van der Waals surface area contributed by atoms with Gasteiger partial charge in [0.2, 0.25) is 5.91 Å². The van der Waals surface area contributed by atoms with Crippen molar-refractivity contribution in [2.45, 2.75) is 19.4 Å². The van der Waals surface area contributed by atoms with Crippen molar-refractivity contribution >= 4 is 16.9 Å². The molecule has 5 rings (SSSR count). The quantitative estimate of drug-likeness (QED) is 0.737. The molecule has 0 radical (unpaired) electrons. The molecule has 0 unspecified atom stereocenters. The molecule has 152 valence electrons. The van der Waals surface area contributed by atoms with E-state index in [1.807, 2.05) is 41.4 Å². The molecule has 1 aromatic carbocycles. The Balaban J connectivity index is 1.29. The summed E-state index contributed by atoms with van der Waals surface area (Å²) in [4.78, 5) is 17.2. The van der Waals surface area contributed by atoms with Gasteiger partial charge in [-0.05, 0) is 31.5 Å². The van der Waals surface area contributed by atoms with Gasteiger partial charge in [0.1, 0.15) is 11.3 Å².